The predicted octanol–water partition coefficient (Wildman–Crippen LogP) is 2.65. The molecule has 1 saturated heterocycles. The Hall–Kier alpha value is 0.01000. The van der Waals surface area contributed by atoms with Crippen molar-refractivity contribution >= 4 is 35.6 Å². The van der Waals surface area contributed by atoms with Gasteiger partial charge in [-0.3, -0.25) is 0 Å². The van der Waals surface area contributed by atoms with E-state index in [0.29, 0.717) is 10.0 Å². The number of nitrogens with one attached hydrogen (secondary N) is 2. The fourth-order valence-electron chi connectivity index (χ4n) is 1.66. The van der Waals surface area contributed by atoms with Gasteiger partial charge in [0.25, 0.3) is 0 Å². The van der Waals surface area contributed by atoms with E-state index >= 15 is 0 Å². The molecule has 0 radical (unpaired) electrons. The zero-order valence-corrected chi connectivity index (χ0v) is 10.4. The smallest absolute Gasteiger partial charge is 0.0640 e. The topological polar surface area (TPSA) is 24.1 Å². The quantitative estimate of drug-likeness (QED) is 0.817. The molecule has 0 aliphatic carbocycles. The molecular formula is C10H13Cl3N2. The zero-order chi connectivity index (χ0) is 9.97. The van der Waals surface area contributed by atoms with Gasteiger partial charge < -0.3 is 10.6 Å². The molecule has 5 heteroatoms. The standard InChI is InChI=1S/C10H12Cl2N2.ClH/c11-8-3-1-2-7(10(8)12)9-6-13-4-5-14-9;/h1-3,9,13-14H,4-6H2;1H/t9-;/m0./s1. The second-order valence-corrected chi connectivity index (χ2v) is 4.14. The number of halogens is 3. The van der Waals surface area contributed by atoms with Crippen LogP contribution >= 0.6 is 35.6 Å². The maximum absolute atomic E-state index is 6.13. The van der Waals surface area contributed by atoms with Gasteiger partial charge in [-0.2, -0.15) is 0 Å². The molecular weight excluding hydrogens is 254 g/mol. The molecule has 1 fully saturated rings. The third-order valence-corrected chi connectivity index (χ3v) is 3.23. The molecule has 2 rings (SSSR count). The second kappa shape index (κ2) is 5.92. The van der Waals surface area contributed by atoms with Gasteiger partial charge in [0, 0.05) is 25.7 Å². The Labute approximate surface area is 106 Å². The van der Waals surface area contributed by atoms with E-state index in [0.717, 1.165) is 25.2 Å². The molecule has 0 saturated carbocycles. The molecule has 0 spiro atoms. The molecule has 2 N–H and O–H groups in total. The summed E-state index contributed by atoms with van der Waals surface area (Å²) in [5.74, 6) is 0. The molecule has 0 unspecified atom stereocenters. The highest BCUT2D eigenvalue weighted by Crippen LogP contribution is 2.29. The number of piperazine rings is 1. The zero-order valence-electron chi connectivity index (χ0n) is 8.09. The van der Waals surface area contributed by atoms with E-state index in [1.807, 2.05) is 18.2 Å². The van der Waals surface area contributed by atoms with Crippen LogP contribution in [0.3, 0.4) is 0 Å². The van der Waals surface area contributed by atoms with Gasteiger partial charge in [0.1, 0.15) is 0 Å². The lowest BCUT2D eigenvalue weighted by Gasteiger charge is -2.25. The Morgan fingerprint density at radius 3 is 2.67 bits per heavy atom. The summed E-state index contributed by atoms with van der Waals surface area (Å²) in [5, 5.41) is 8.00. The summed E-state index contributed by atoms with van der Waals surface area (Å²) in [6.45, 7) is 2.88. The normalized spacial score (nSPS) is 20.8. The number of hydrogen-bond acceptors (Lipinski definition) is 2. The molecule has 84 valence electrons. The van der Waals surface area contributed by atoms with E-state index < -0.39 is 0 Å². The van der Waals surface area contributed by atoms with E-state index in [1.165, 1.54) is 0 Å². The highest BCUT2D eigenvalue weighted by molar-refractivity contribution is 6.42. The molecule has 1 aromatic carbocycles. The Balaban J connectivity index is 0.00000112. The van der Waals surface area contributed by atoms with E-state index in [2.05, 4.69) is 10.6 Å². The van der Waals surface area contributed by atoms with Gasteiger partial charge in [-0.25, -0.2) is 0 Å². The van der Waals surface area contributed by atoms with E-state index in [4.69, 9.17) is 23.2 Å². The van der Waals surface area contributed by atoms with Crippen LogP contribution in [0.2, 0.25) is 10.0 Å². The lowest BCUT2D eigenvalue weighted by Crippen LogP contribution is -2.42. The molecule has 0 amide bonds. The van der Waals surface area contributed by atoms with Crippen LogP contribution in [0.5, 0.6) is 0 Å². The van der Waals surface area contributed by atoms with Gasteiger partial charge in [-0.05, 0) is 11.6 Å². The minimum absolute atomic E-state index is 0. The van der Waals surface area contributed by atoms with Gasteiger partial charge in [0.2, 0.25) is 0 Å². The van der Waals surface area contributed by atoms with Crippen molar-refractivity contribution in [2.24, 2.45) is 0 Å². The summed E-state index contributed by atoms with van der Waals surface area (Å²) in [6, 6.07) is 6.03. The highest BCUT2D eigenvalue weighted by Gasteiger charge is 2.17. The average molecular weight is 268 g/mol. The maximum Gasteiger partial charge on any atom is 0.0640 e. The van der Waals surface area contributed by atoms with Gasteiger partial charge in [0.15, 0.2) is 0 Å². The van der Waals surface area contributed by atoms with Crippen LogP contribution in [-0.4, -0.2) is 19.6 Å². The van der Waals surface area contributed by atoms with Gasteiger partial charge in [0.05, 0.1) is 10.0 Å². The molecule has 1 atom stereocenters. The van der Waals surface area contributed by atoms with E-state index in [1.54, 1.807) is 0 Å². The molecule has 2 nitrogen and oxygen atoms in total. The SMILES string of the molecule is Cl.Clc1cccc([C@@H]2CNCCN2)c1Cl. The van der Waals surface area contributed by atoms with Crippen molar-refractivity contribution in [1.82, 2.24) is 10.6 Å². The summed E-state index contributed by atoms with van der Waals surface area (Å²) < 4.78 is 0. The lowest BCUT2D eigenvalue weighted by molar-refractivity contribution is 0.430. The van der Waals surface area contributed by atoms with Gasteiger partial charge >= 0.3 is 0 Å². The first-order valence-electron chi connectivity index (χ1n) is 4.67. The monoisotopic (exact) mass is 266 g/mol. The fourth-order valence-corrected chi connectivity index (χ4v) is 2.10. The number of rotatable bonds is 1. The summed E-state index contributed by atoms with van der Waals surface area (Å²) in [5.41, 5.74) is 1.08. The van der Waals surface area contributed by atoms with Crippen LogP contribution < -0.4 is 10.6 Å². The van der Waals surface area contributed by atoms with Crippen molar-refractivity contribution in [2.75, 3.05) is 19.6 Å². The van der Waals surface area contributed by atoms with Crippen molar-refractivity contribution in [3.8, 4) is 0 Å². The first-order chi connectivity index (χ1) is 6.79. The number of benzene rings is 1. The molecule has 1 aliphatic rings. The average Bonchev–Trinajstić information content (AvgIpc) is 2.23. The minimum Gasteiger partial charge on any atom is -0.314 e. The summed E-state index contributed by atoms with van der Waals surface area (Å²) in [7, 11) is 0. The van der Waals surface area contributed by atoms with Crippen LogP contribution in [0, 0.1) is 0 Å². The van der Waals surface area contributed by atoms with Crippen LogP contribution in [-0.2, 0) is 0 Å². The third-order valence-electron chi connectivity index (χ3n) is 2.40. The Bertz CT molecular complexity index is 324. The first-order valence-corrected chi connectivity index (χ1v) is 5.42. The van der Waals surface area contributed by atoms with Crippen LogP contribution in [0.1, 0.15) is 11.6 Å². The van der Waals surface area contributed by atoms with E-state index in [9.17, 15) is 0 Å². The lowest BCUT2D eigenvalue weighted by atomic mass is 10.1. The molecule has 1 aliphatic heterocycles. The largest absolute Gasteiger partial charge is 0.314 e. The predicted molar refractivity (Wildman–Crippen MR) is 67.3 cm³/mol. The molecule has 0 aromatic heterocycles. The van der Waals surface area contributed by atoms with Gasteiger partial charge in [-0.15, -0.1) is 12.4 Å². The van der Waals surface area contributed by atoms with Crippen LogP contribution in [0.15, 0.2) is 18.2 Å². The van der Waals surface area contributed by atoms with E-state index in [-0.39, 0.29) is 18.4 Å². The van der Waals surface area contributed by atoms with Crippen molar-refractivity contribution < 1.29 is 0 Å². The molecule has 1 aromatic rings. The Kier molecular flexibility index (Phi) is 5.16. The Morgan fingerprint density at radius 2 is 2.00 bits per heavy atom. The minimum atomic E-state index is 0. The Morgan fingerprint density at radius 1 is 1.20 bits per heavy atom. The fraction of sp³-hybridized carbons (Fsp3) is 0.400. The highest BCUT2D eigenvalue weighted by atomic mass is 35.5. The number of hydrogen-bond donors (Lipinski definition) is 2. The maximum atomic E-state index is 6.13. The van der Waals surface area contributed by atoms with Crippen molar-refractivity contribution in [1.29, 1.82) is 0 Å². The molecule has 15 heavy (non-hydrogen) atoms. The summed E-state index contributed by atoms with van der Waals surface area (Å²) >= 11 is 12.1. The van der Waals surface area contributed by atoms with Crippen molar-refractivity contribution in [3.63, 3.8) is 0 Å². The van der Waals surface area contributed by atoms with Crippen LogP contribution in [0.25, 0.3) is 0 Å². The first kappa shape index (κ1) is 13.1. The van der Waals surface area contributed by atoms with Gasteiger partial charge in [-0.1, -0.05) is 35.3 Å². The summed E-state index contributed by atoms with van der Waals surface area (Å²) in [6.07, 6.45) is 0. The molecule has 1 heterocycles. The van der Waals surface area contributed by atoms with Crippen molar-refractivity contribution in [2.45, 2.75) is 6.04 Å². The van der Waals surface area contributed by atoms with Crippen molar-refractivity contribution in [3.05, 3.63) is 33.8 Å². The second-order valence-electron chi connectivity index (χ2n) is 3.35. The summed E-state index contributed by atoms with van der Waals surface area (Å²) in [4.78, 5) is 0. The third kappa shape index (κ3) is 2.99. The van der Waals surface area contributed by atoms with Crippen LogP contribution in [0.4, 0.5) is 0 Å². The molecule has 0 bridgehead atoms.